The molecule has 138 valence electrons. The molecule has 1 aliphatic heterocycles. The summed E-state index contributed by atoms with van der Waals surface area (Å²) in [4.78, 5) is 12.5. The van der Waals surface area contributed by atoms with Crippen LogP contribution in [0.3, 0.4) is 0 Å². The molecule has 26 heavy (non-hydrogen) atoms. The summed E-state index contributed by atoms with van der Waals surface area (Å²) >= 11 is 0. The van der Waals surface area contributed by atoms with Crippen molar-refractivity contribution in [3.8, 4) is 16.9 Å². The second kappa shape index (κ2) is 8.07. The van der Waals surface area contributed by atoms with Crippen LogP contribution in [0.15, 0.2) is 30.3 Å². The van der Waals surface area contributed by atoms with E-state index < -0.39 is 0 Å². The van der Waals surface area contributed by atoms with Gasteiger partial charge < -0.3 is 4.74 Å². The minimum atomic E-state index is -0.0955. The van der Waals surface area contributed by atoms with Gasteiger partial charge in [0.25, 0.3) is 0 Å². The van der Waals surface area contributed by atoms with Gasteiger partial charge in [-0.25, -0.2) is 0 Å². The Morgan fingerprint density at radius 3 is 2.46 bits per heavy atom. The molecule has 2 heteroatoms. The van der Waals surface area contributed by atoms with Gasteiger partial charge in [-0.1, -0.05) is 57.4 Å². The molecule has 0 fully saturated rings. The number of hydrogen-bond donors (Lipinski definition) is 0. The Morgan fingerprint density at radius 2 is 1.73 bits per heavy atom. The van der Waals surface area contributed by atoms with Gasteiger partial charge in [0.05, 0.1) is 5.92 Å². The maximum absolute atomic E-state index is 12.5. The molecule has 1 aliphatic rings. The first-order valence-corrected chi connectivity index (χ1v) is 10.0. The van der Waals surface area contributed by atoms with Crippen molar-refractivity contribution in [2.75, 3.05) is 0 Å². The van der Waals surface area contributed by atoms with Crippen molar-refractivity contribution in [2.45, 2.75) is 72.1 Å². The quantitative estimate of drug-likeness (QED) is 0.420. The fourth-order valence-electron chi connectivity index (χ4n) is 4.00. The fourth-order valence-corrected chi connectivity index (χ4v) is 4.00. The molecule has 1 unspecified atom stereocenters. The van der Waals surface area contributed by atoms with E-state index in [1.54, 1.807) is 0 Å². The highest BCUT2D eigenvalue weighted by atomic mass is 16.5. The van der Waals surface area contributed by atoms with Crippen LogP contribution >= 0.6 is 0 Å². The molecule has 3 rings (SSSR count). The van der Waals surface area contributed by atoms with E-state index in [-0.39, 0.29) is 11.9 Å². The number of benzene rings is 2. The van der Waals surface area contributed by atoms with Gasteiger partial charge in [-0.05, 0) is 67.0 Å². The molecular formula is C24H30O2. The topological polar surface area (TPSA) is 26.3 Å². The third kappa shape index (κ3) is 3.42. The highest BCUT2D eigenvalue weighted by Gasteiger charge is 2.35. The van der Waals surface area contributed by atoms with Crippen LogP contribution in [-0.2, 0) is 11.2 Å². The van der Waals surface area contributed by atoms with Crippen molar-refractivity contribution in [2.24, 2.45) is 0 Å². The molecule has 0 saturated carbocycles. The SMILES string of the molecule is CCCCc1c(-c2cccc(C)c2C)ccc2c1C(CCCC)C(=O)O2. The van der Waals surface area contributed by atoms with Crippen molar-refractivity contribution in [3.63, 3.8) is 0 Å². The molecular weight excluding hydrogens is 320 g/mol. The van der Waals surface area contributed by atoms with Gasteiger partial charge in [0.15, 0.2) is 0 Å². The summed E-state index contributed by atoms with van der Waals surface area (Å²) in [5, 5.41) is 0. The largest absolute Gasteiger partial charge is 0.426 e. The number of hydrogen-bond acceptors (Lipinski definition) is 2. The van der Waals surface area contributed by atoms with Gasteiger partial charge in [-0.3, -0.25) is 4.79 Å². The summed E-state index contributed by atoms with van der Waals surface area (Å²) in [6, 6.07) is 10.7. The lowest BCUT2D eigenvalue weighted by Gasteiger charge is -2.18. The van der Waals surface area contributed by atoms with Crippen LogP contribution in [0, 0.1) is 13.8 Å². The first-order valence-electron chi connectivity index (χ1n) is 10.0. The average Bonchev–Trinajstić information content (AvgIpc) is 2.96. The van der Waals surface area contributed by atoms with Crippen molar-refractivity contribution < 1.29 is 9.53 Å². The van der Waals surface area contributed by atoms with Gasteiger partial charge in [-0.15, -0.1) is 0 Å². The van der Waals surface area contributed by atoms with Crippen molar-refractivity contribution in [1.29, 1.82) is 0 Å². The van der Waals surface area contributed by atoms with Gasteiger partial charge in [0.2, 0.25) is 0 Å². The van der Waals surface area contributed by atoms with Crippen LogP contribution in [-0.4, -0.2) is 5.97 Å². The summed E-state index contributed by atoms with van der Waals surface area (Å²) in [5.74, 6) is 0.627. The zero-order chi connectivity index (χ0) is 18.7. The average molecular weight is 351 g/mol. The summed E-state index contributed by atoms with van der Waals surface area (Å²) in [6.07, 6.45) is 6.31. The Kier molecular flexibility index (Phi) is 5.80. The van der Waals surface area contributed by atoms with E-state index in [0.717, 1.165) is 49.8 Å². The molecule has 0 amide bonds. The van der Waals surface area contributed by atoms with Crippen LogP contribution in [0.1, 0.15) is 74.1 Å². The molecule has 0 aromatic heterocycles. The van der Waals surface area contributed by atoms with E-state index in [1.807, 2.05) is 6.07 Å². The number of carbonyl (C=O) groups excluding carboxylic acids is 1. The maximum atomic E-state index is 12.5. The van der Waals surface area contributed by atoms with Gasteiger partial charge in [0, 0.05) is 5.56 Å². The van der Waals surface area contributed by atoms with E-state index in [4.69, 9.17) is 4.74 Å². The number of fused-ring (bicyclic) bond motifs is 1. The van der Waals surface area contributed by atoms with Crippen LogP contribution in [0.5, 0.6) is 5.75 Å². The van der Waals surface area contributed by atoms with E-state index in [9.17, 15) is 4.79 Å². The first kappa shape index (κ1) is 18.7. The smallest absolute Gasteiger partial charge is 0.318 e. The Hall–Kier alpha value is -2.09. The van der Waals surface area contributed by atoms with Gasteiger partial charge in [-0.2, -0.15) is 0 Å². The zero-order valence-electron chi connectivity index (χ0n) is 16.5. The predicted molar refractivity (Wildman–Crippen MR) is 108 cm³/mol. The van der Waals surface area contributed by atoms with Crippen molar-refractivity contribution in [1.82, 2.24) is 0 Å². The number of aryl methyl sites for hydroxylation is 1. The molecule has 2 nitrogen and oxygen atoms in total. The monoisotopic (exact) mass is 350 g/mol. The Labute approximate surface area is 157 Å². The molecule has 0 spiro atoms. The highest BCUT2D eigenvalue weighted by molar-refractivity contribution is 5.89. The van der Waals surface area contributed by atoms with Gasteiger partial charge >= 0.3 is 5.97 Å². The fraction of sp³-hybridized carbons (Fsp3) is 0.458. The molecule has 2 aromatic rings. The molecule has 0 bridgehead atoms. The molecule has 1 atom stereocenters. The number of ether oxygens (including phenoxy) is 1. The lowest BCUT2D eigenvalue weighted by Crippen LogP contribution is -2.11. The zero-order valence-corrected chi connectivity index (χ0v) is 16.5. The van der Waals surface area contributed by atoms with E-state index >= 15 is 0 Å². The third-order valence-electron chi connectivity index (χ3n) is 5.68. The molecule has 0 radical (unpaired) electrons. The minimum absolute atomic E-state index is 0.0655. The first-order chi connectivity index (χ1) is 12.6. The van der Waals surface area contributed by atoms with Crippen LogP contribution in [0.25, 0.3) is 11.1 Å². The summed E-state index contributed by atoms with van der Waals surface area (Å²) in [5.41, 5.74) is 7.67. The normalized spacial score (nSPS) is 15.8. The van der Waals surface area contributed by atoms with E-state index in [1.165, 1.54) is 27.8 Å². The number of unbranched alkanes of at least 4 members (excludes halogenated alkanes) is 2. The lowest BCUT2D eigenvalue weighted by molar-refractivity contribution is -0.134. The standard InChI is InChI=1S/C24H30O2/c1-5-7-11-20-19(18-13-9-10-16(3)17(18)4)14-15-22-23(20)21(12-8-6-2)24(25)26-22/h9-10,13-15,21H,5-8,11-12H2,1-4H3. The van der Waals surface area contributed by atoms with E-state index in [0.29, 0.717) is 0 Å². The van der Waals surface area contributed by atoms with Crippen LogP contribution in [0.4, 0.5) is 0 Å². The molecule has 1 heterocycles. The lowest BCUT2D eigenvalue weighted by atomic mass is 9.83. The van der Waals surface area contributed by atoms with Gasteiger partial charge in [0.1, 0.15) is 5.75 Å². The number of esters is 1. The van der Waals surface area contributed by atoms with Crippen LogP contribution < -0.4 is 4.74 Å². The molecule has 0 saturated heterocycles. The maximum Gasteiger partial charge on any atom is 0.318 e. The molecule has 0 aliphatic carbocycles. The second-order valence-electron chi connectivity index (χ2n) is 7.47. The van der Waals surface area contributed by atoms with Crippen molar-refractivity contribution in [3.05, 3.63) is 52.6 Å². The minimum Gasteiger partial charge on any atom is -0.426 e. The predicted octanol–water partition coefficient (Wildman–Crippen LogP) is 6.51. The molecule has 0 N–H and O–H groups in total. The Balaban J connectivity index is 2.16. The second-order valence-corrected chi connectivity index (χ2v) is 7.47. The third-order valence-corrected chi connectivity index (χ3v) is 5.68. The number of carbonyl (C=O) groups is 1. The van der Waals surface area contributed by atoms with Crippen LogP contribution in [0.2, 0.25) is 0 Å². The summed E-state index contributed by atoms with van der Waals surface area (Å²) < 4.78 is 5.64. The van der Waals surface area contributed by atoms with Crippen molar-refractivity contribution >= 4 is 5.97 Å². The Morgan fingerprint density at radius 1 is 0.962 bits per heavy atom. The summed E-state index contributed by atoms with van der Waals surface area (Å²) in [6.45, 7) is 8.75. The Bertz CT molecular complexity index is 804. The van der Waals surface area contributed by atoms with E-state index in [2.05, 4.69) is 52.0 Å². The highest BCUT2D eigenvalue weighted by Crippen LogP contribution is 2.45. The number of rotatable bonds is 7. The molecule has 2 aromatic carbocycles. The summed E-state index contributed by atoms with van der Waals surface area (Å²) in [7, 11) is 0.